The number of aromatic nitrogens is 3. The van der Waals surface area contributed by atoms with E-state index in [4.69, 9.17) is 0 Å². The number of amides is 1. The molecule has 0 radical (unpaired) electrons. The minimum absolute atomic E-state index is 0.149. The topological polar surface area (TPSA) is 74.2 Å². The predicted octanol–water partition coefficient (Wildman–Crippen LogP) is 1.58. The van der Waals surface area contributed by atoms with Gasteiger partial charge in [0.2, 0.25) is 0 Å². The van der Waals surface area contributed by atoms with Crippen molar-refractivity contribution in [3.05, 3.63) is 42.5 Å². The second-order valence-electron chi connectivity index (χ2n) is 6.53. The zero-order valence-corrected chi connectivity index (χ0v) is 14.7. The molecule has 1 fully saturated rings. The molecule has 25 heavy (non-hydrogen) atoms. The highest BCUT2D eigenvalue weighted by molar-refractivity contribution is 5.92. The summed E-state index contributed by atoms with van der Waals surface area (Å²) in [5.41, 5.74) is 0.415. The van der Waals surface area contributed by atoms with Gasteiger partial charge in [0.1, 0.15) is 23.7 Å². The van der Waals surface area contributed by atoms with E-state index in [1.165, 1.54) is 6.33 Å². The summed E-state index contributed by atoms with van der Waals surface area (Å²) < 4.78 is 0. The second kappa shape index (κ2) is 7.92. The van der Waals surface area contributed by atoms with Crippen LogP contribution < -0.4 is 15.1 Å². The second-order valence-corrected chi connectivity index (χ2v) is 6.53. The minimum Gasteiger partial charge on any atom is -0.353 e. The van der Waals surface area contributed by atoms with Crippen molar-refractivity contribution in [3.8, 4) is 0 Å². The average Bonchev–Trinajstić information content (AvgIpc) is 2.67. The maximum atomic E-state index is 12.2. The molecule has 1 amide bonds. The van der Waals surface area contributed by atoms with Crippen LogP contribution in [0.5, 0.6) is 0 Å². The fourth-order valence-corrected chi connectivity index (χ4v) is 2.74. The summed E-state index contributed by atoms with van der Waals surface area (Å²) in [5, 5.41) is 2.89. The number of anilines is 2. The maximum Gasteiger partial charge on any atom is 0.270 e. The normalized spacial score (nSPS) is 14.7. The van der Waals surface area contributed by atoms with Crippen molar-refractivity contribution in [2.45, 2.75) is 13.8 Å². The third-order valence-electron chi connectivity index (χ3n) is 4.13. The van der Waals surface area contributed by atoms with Gasteiger partial charge in [-0.15, -0.1) is 0 Å². The van der Waals surface area contributed by atoms with Crippen molar-refractivity contribution in [1.82, 2.24) is 20.3 Å². The van der Waals surface area contributed by atoms with Gasteiger partial charge in [0.05, 0.1) is 0 Å². The Bertz CT molecular complexity index is 698. The van der Waals surface area contributed by atoms with Crippen molar-refractivity contribution < 1.29 is 4.79 Å². The highest BCUT2D eigenvalue weighted by Gasteiger charge is 2.20. The quantitative estimate of drug-likeness (QED) is 0.891. The van der Waals surface area contributed by atoms with Crippen LogP contribution in [0, 0.1) is 5.92 Å². The molecule has 132 valence electrons. The number of rotatable bonds is 5. The maximum absolute atomic E-state index is 12.2. The molecule has 7 heteroatoms. The van der Waals surface area contributed by atoms with Crippen molar-refractivity contribution in [2.75, 3.05) is 42.5 Å². The number of hydrogen-bond acceptors (Lipinski definition) is 6. The van der Waals surface area contributed by atoms with Gasteiger partial charge in [-0.3, -0.25) is 4.79 Å². The van der Waals surface area contributed by atoms with Crippen LogP contribution in [0.4, 0.5) is 11.6 Å². The molecular formula is C18H24N6O. The molecule has 0 saturated carbocycles. The molecular weight excluding hydrogens is 316 g/mol. The number of piperazine rings is 1. The summed E-state index contributed by atoms with van der Waals surface area (Å²) in [6.45, 7) is 8.17. The summed E-state index contributed by atoms with van der Waals surface area (Å²) in [6, 6.07) is 7.72. The Morgan fingerprint density at radius 1 is 1.08 bits per heavy atom. The Morgan fingerprint density at radius 3 is 2.44 bits per heavy atom. The monoisotopic (exact) mass is 340 g/mol. The lowest BCUT2D eigenvalue weighted by molar-refractivity contribution is 0.0944. The van der Waals surface area contributed by atoms with Gasteiger partial charge in [-0.1, -0.05) is 19.9 Å². The van der Waals surface area contributed by atoms with Crippen LogP contribution in [0.15, 0.2) is 36.8 Å². The van der Waals surface area contributed by atoms with Crippen molar-refractivity contribution >= 4 is 17.5 Å². The van der Waals surface area contributed by atoms with Gasteiger partial charge in [0.25, 0.3) is 5.91 Å². The summed E-state index contributed by atoms with van der Waals surface area (Å²) >= 11 is 0. The van der Waals surface area contributed by atoms with Crippen LogP contribution in [0.25, 0.3) is 0 Å². The van der Waals surface area contributed by atoms with Crippen LogP contribution in [0.1, 0.15) is 24.3 Å². The molecule has 0 aromatic carbocycles. The summed E-state index contributed by atoms with van der Waals surface area (Å²) in [4.78, 5) is 29.5. The van der Waals surface area contributed by atoms with Gasteiger partial charge in [0, 0.05) is 45.0 Å². The average molecular weight is 340 g/mol. The molecule has 0 aliphatic carbocycles. The van der Waals surface area contributed by atoms with Crippen molar-refractivity contribution in [2.24, 2.45) is 5.92 Å². The largest absolute Gasteiger partial charge is 0.353 e. The van der Waals surface area contributed by atoms with Crippen molar-refractivity contribution in [3.63, 3.8) is 0 Å². The number of nitrogens with one attached hydrogen (secondary N) is 1. The standard InChI is InChI=1S/C18H24N6O/c1-14(2)12-20-18(25)15-11-17(22-13-21-15)24-9-7-23(8-10-24)16-5-3-4-6-19-16/h3-6,11,13-14H,7-10,12H2,1-2H3,(H,20,25). The molecule has 2 aromatic rings. The fourth-order valence-electron chi connectivity index (χ4n) is 2.74. The Hall–Kier alpha value is -2.70. The third kappa shape index (κ3) is 4.43. The van der Waals surface area contributed by atoms with E-state index < -0.39 is 0 Å². The lowest BCUT2D eigenvalue weighted by Gasteiger charge is -2.36. The Balaban J connectivity index is 1.62. The first-order valence-corrected chi connectivity index (χ1v) is 8.64. The molecule has 7 nitrogen and oxygen atoms in total. The predicted molar refractivity (Wildman–Crippen MR) is 97.9 cm³/mol. The number of nitrogens with zero attached hydrogens (tertiary/aromatic N) is 5. The van der Waals surface area contributed by atoms with Gasteiger partial charge >= 0.3 is 0 Å². The zero-order chi connectivity index (χ0) is 17.6. The molecule has 1 aliphatic rings. The van der Waals surface area contributed by atoms with Crippen LogP contribution >= 0.6 is 0 Å². The number of carbonyl (C=O) groups is 1. The first-order chi connectivity index (χ1) is 12.1. The molecule has 1 aliphatic heterocycles. The van der Waals surface area contributed by atoms with Gasteiger partial charge < -0.3 is 15.1 Å². The number of carbonyl (C=O) groups excluding carboxylic acids is 1. The van der Waals surface area contributed by atoms with E-state index in [1.807, 2.05) is 24.4 Å². The first-order valence-electron chi connectivity index (χ1n) is 8.64. The lowest BCUT2D eigenvalue weighted by atomic mass is 10.2. The van der Waals surface area contributed by atoms with E-state index in [0.717, 1.165) is 37.8 Å². The molecule has 0 bridgehead atoms. The number of pyridine rings is 1. The molecule has 0 atom stereocenters. The molecule has 3 rings (SSSR count). The van der Waals surface area contributed by atoms with Crippen LogP contribution in [0.2, 0.25) is 0 Å². The Labute approximate surface area is 148 Å². The molecule has 0 unspecified atom stereocenters. The van der Waals surface area contributed by atoms with Gasteiger partial charge in [-0.2, -0.15) is 0 Å². The van der Waals surface area contributed by atoms with Crippen LogP contribution in [-0.4, -0.2) is 53.6 Å². The molecule has 1 saturated heterocycles. The summed E-state index contributed by atoms with van der Waals surface area (Å²) in [5.74, 6) is 2.05. The zero-order valence-electron chi connectivity index (χ0n) is 14.7. The van der Waals surface area contributed by atoms with E-state index in [1.54, 1.807) is 6.07 Å². The number of hydrogen-bond donors (Lipinski definition) is 1. The van der Waals surface area contributed by atoms with Crippen LogP contribution in [0.3, 0.4) is 0 Å². The van der Waals surface area contributed by atoms with E-state index >= 15 is 0 Å². The van der Waals surface area contributed by atoms with Crippen LogP contribution in [-0.2, 0) is 0 Å². The Morgan fingerprint density at radius 2 is 1.80 bits per heavy atom. The van der Waals surface area contributed by atoms with Gasteiger partial charge in [-0.05, 0) is 18.1 Å². The fraction of sp³-hybridized carbons (Fsp3) is 0.444. The van der Waals surface area contributed by atoms with Gasteiger partial charge in [-0.25, -0.2) is 15.0 Å². The molecule has 2 aromatic heterocycles. The third-order valence-corrected chi connectivity index (χ3v) is 4.13. The van der Waals surface area contributed by atoms with E-state index in [2.05, 4.69) is 43.9 Å². The molecule has 0 spiro atoms. The molecule has 1 N–H and O–H groups in total. The van der Waals surface area contributed by atoms with E-state index in [0.29, 0.717) is 18.2 Å². The van der Waals surface area contributed by atoms with E-state index in [-0.39, 0.29) is 5.91 Å². The van der Waals surface area contributed by atoms with Gasteiger partial charge in [0.15, 0.2) is 0 Å². The highest BCUT2D eigenvalue weighted by Crippen LogP contribution is 2.17. The minimum atomic E-state index is -0.149. The van der Waals surface area contributed by atoms with Crippen molar-refractivity contribution in [1.29, 1.82) is 0 Å². The summed E-state index contributed by atoms with van der Waals surface area (Å²) in [7, 11) is 0. The SMILES string of the molecule is CC(C)CNC(=O)c1cc(N2CCN(c3ccccn3)CC2)ncn1. The Kier molecular flexibility index (Phi) is 5.42. The highest BCUT2D eigenvalue weighted by atomic mass is 16.1. The summed E-state index contributed by atoms with van der Waals surface area (Å²) in [6.07, 6.45) is 3.28. The smallest absolute Gasteiger partial charge is 0.270 e. The van der Waals surface area contributed by atoms with E-state index in [9.17, 15) is 4.79 Å². The lowest BCUT2D eigenvalue weighted by Crippen LogP contribution is -2.47. The first kappa shape index (κ1) is 17.1. The molecule has 3 heterocycles.